The number of hydrogen-bond donors (Lipinski definition) is 0. The summed E-state index contributed by atoms with van der Waals surface area (Å²) in [5, 5.41) is 14.9. The van der Waals surface area contributed by atoms with Gasteiger partial charge in [-0.25, -0.2) is 5.01 Å². The van der Waals surface area contributed by atoms with E-state index >= 15 is 0 Å². The zero-order valence-electron chi connectivity index (χ0n) is 14.7. The van der Waals surface area contributed by atoms with Gasteiger partial charge in [0.2, 0.25) is 5.91 Å². The zero-order valence-corrected chi connectivity index (χ0v) is 14.7. The number of ether oxygens (including phenoxy) is 2. The van der Waals surface area contributed by atoms with Crippen LogP contribution in [0.3, 0.4) is 0 Å². The molecule has 0 radical (unpaired) electrons. The second kappa shape index (κ2) is 7.70. The molecule has 132 valence electrons. The van der Waals surface area contributed by atoms with Crippen LogP contribution in [0.15, 0.2) is 47.6 Å². The average Bonchev–Trinajstić information content (AvgIpc) is 2.69. The molecule has 2 aromatic carbocycles. The number of hydrazone groups is 1. The lowest BCUT2D eigenvalue weighted by atomic mass is 10.0. The summed E-state index contributed by atoms with van der Waals surface area (Å²) >= 11 is 0. The number of nitriles is 1. The molecule has 0 aromatic heterocycles. The van der Waals surface area contributed by atoms with Crippen molar-refractivity contribution in [3.63, 3.8) is 0 Å². The second-order valence-corrected chi connectivity index (χ2v) is 5.88. The van der Waals surface area contributed by atoms with Crippen molar-refractivity contribution in [1.29, 1.82) is 5.26 Å². The van der Waals surface area contributed by atoms with Gasteiger partial charge in [0.05, 0.1) is 38.1 Å². The molecule has 2 aromatic rings. The normalized spacial score (nSPS) is 13.8. The maximum atomic E-state index is 12.2. The monoisotopic (exact) mass is 349 g/mol. The molecule has 26 heavy (non-hydrogen) atoms. The molecular formula is C20H19N3O3. The van der Waals surface area contributed by atoms with Gasteiger partial charge in [0, 0.05) is 18.4 Å². The van der Waals surface area contributed by atoms with Crippen LogP contribution in [0.5, 0.6) is 11.5 Å². The summed E-state index contributed by atoms with van der Waals surface area (Å²) in [7, 11) is 3.18. The minimum Gasteiger partial charge on any atom is -0.493 e. The molecule has 1 amide bonds. The molecule has 6 heteroatoms. The number of hydrogen-bond acceptors (Lipinski definition) is 5. The van der Waals surface area contributed by atoms with E-state index in [-0.39, 0.29) is 5.91 Å². The fourth-order valence-electron chi connectivity index (χ4n) is 2.80. The van der Waals surface area contributed by atoms with E-state index in [1.807, 2.05) is 30.3 Å². The zero-order chi connectivity index (χ0) is 18.5. The summed E-state index contributed by atoms with van der Waals surface area (Å²) < 4.78 is 10.6. The minimum absolute atomic E-state index is 0.0152. The van der Waals surface area contributed by atoms with Crippen LogP contribution in [-0.2, 0) is 11.3 Å². The summed E-state index contributed by atoms with van der Waals surface area (Å²) in [6.45, 7) is 0.376. The molecule has 1 aliphatic heterocycles. The molecule has 0 saturated heterocycles. The molecule has 0 unspecified atom stereocenters. The maximum Gasteiger partial charge on any atom is 0.243 e. The quantitative estimate of drug-likeness (QED) is 0.831. The highest BCUT2D eigenvalue weighted by Crippen LogP contribution is 2.29. The van der Waals surface area contributed by atoms with Crippen molar-refractivity contribution >= 4 is 11.6 Å². The van der Waals surface area contributed by atoms with E-state index in [9.17, 15) is 4.79 Å². The van der Waals surface area contributed by atoms with E-state index in [4.69, 9.17) is 14.7 Å². The van der Waals surface area contributed by atoms with Gasteiger partial charge in [-0.2, -0.15) is 10.4 Å². The van der Waals surface area contributed by atoms with E-state index < -0.39 is 0 Å². The van der Waals surface area contributed by atoms with Gasteiger partial charge in [-0.05, 0) is 35.9 Å². The van der Waals surface area contributed by atoms with E-state index in [0.29, 0.717) is 36.4 Å². The van der Waals surface area contributed by atoms with E-state index in [1.54, 1.807) is 26.4 Å². The molecule has 0 fully saturated rings. The van der Waals surface area contributed by atoms with Crippen LogP contribution in [0.25, 0.3) is 0 Å². The first-order valence-electron chi connectivity index (χ1n) is 8.24. The van der Waals surface area contributed by atoms with Gasteiger partial charge in [-0.1, -0.05) is 12.1 Å². The predicted molar refractivity (Wildman–Crippen MR) is 97.0 cm³/mol. The molecule has 0 bridgehead atoms. The molecule has 1 heterocycles. The van der Waals surface area contributed by atoms with Crippen molar-refractivity contribution in [3.8, 4) is 17.6 Å². The predicted octanol–water partition coefficient (Wildman–Crippen LogP) is 3.10. The standard InChI is InChI=1S/C20H19N3O3/c1-25-18-9-7-16(11-19(18)26-2)17-8-10-20(24)23(22-17)13-15-5-3-14(12-21)4-6-15/h3-7,9,11H,8,10,13H2,1-2H3. The summed E-state index contributed by atoms with van der Waals surface area (Å²) in [6, 6.07) is 14.9. The summed E-state index contributed by atoms with van der Waals surface area (Å²) in [6.07, 6.45) is 0.988. The number of carbonyl (C=O) groups is 1. The molecule has 3 rings (SSSR count). The first-order valence-corrected chi connectivity index (χ1v) is 8.24. The summed E-state index contributed by atoms with van der Waals surface area (Å²) in [5.41, 5.74) is 3.25. The summed E-state index contributed by atoms with van der Waals surface area (Å²) in [5.74, 6) is 1.26. The molecular weight excluding hydrogens is 330 g/mol. The number of methoxy groups -OCH3 is 2. The Balaban J connectivity index is 1.85. The molecule has 0 spiro atoms. The minimum atomic E-state index is -0.0152. The number of rotatable bonds is 5. The smallest absolute Gasteiger partial charge is 0.243 e. The van der Waals surface area contributed by atoms with E-state index in [0.717, 1.165) is 16.8 Å². The van der Waals surface area contributed by atoms with Crippen molar-refractivity contribution < 1.29 is 14.3 Å². The average molecular weight is 349 g/mol. The third-order valence-corrected chi connectivity index (χ3v) is 4.24. The molecule has 6 nitrogen and oxygen atoms in total. The van der Waals surface area contributed by atoms with Crippen molar-refractivity contribution in [3.05, 3.63) is 59.2 Å². The van der Waals surface area contributed by atoms with Crippen LogP contribution >= 0.6 is 0 Å². The Kier molecular flexibility index (Phi) is 5.18. The third kappa shape index (κ3) is 3.67. The Morgan fingerprint density at radius 3 is 2.46 bits per heavy atom. The molecule has 0 N–H and O–H groups in total. The molecule has 0 atom stereocenters. The van der Waals surface area contributed by atoms with E-state index in [1.165, 1.54) is 5.01 Å². The van der Waals surface area contributed by atoms with Crippen molar-refractivity contribution in [2.24, 2.45) is 5.10 Å². The molecule has 0 aliphatic carbocycles. The fraction of sp³-hybridized carbons (Fsp3) is 0.250. The van der Waals surface area contributed by atoms with Gasteiger partial charge in [0.15, 0.2) is 11.5 Å². The van der Waals surface area contributed by atoms with Crippen LogP contribution in [0.4, 0.5) is 0 Å². The van der Waals surface area contributed by atoms with Crippen molar-refractivity contribution in [2.75, 3.05) is 14.2 Å². The molecule has 0 saturated carbocycles. The first kappa shape index (κ1) is 17.5. The number of benzene rings is 2. The number of nitrogens with zero attached hydrogens (tertiary/aromatic N) is 3. The van der Waals surface area contributed by atoms with E-state index in [2.05, 4.69) is 11.2 Å². The van der Waals surface area contributed by atoms with Crippen LogP contribution in [-0.4, -0.2) is 30.8 Å². The van der Waals surface area contributed by atoms with Gasteiger partial charge >= 0.3 is 0 Å². The maximum absolute atomic E-state index is 12.2. The largest absolute Gasteiger partial charge is 0.493 e. The van der Waals surface area contributed by atoms with Gasteiger partial charge in [-0.15, -0.1) is 0 Å². The van der Waals surface area contributed by atoms with Crippen molar-refractivity contribution in [1.82, 2.24) is 5.01 Å². The topological polar surface area (TPSA) is 74.9 Å². The third-order valence-electron chi connectivity index (χ3n) is 4.24. The van der Waals surface area contributed by atoms with Gasteiger partial charge in [0.25, 0.3) is 0 Å². The highest BCUT2D eigenvalue weighted by molar-refractivity contribution is 6.04. The van der Waals surface area contributed by atoms with Crippen LogP contribution in [0.1, 0.15) is 29.5 Å². The lowest BCUT2D eigenvalue weighted by molar-refractivity contribution is -0.132. The first-order chi connectivity index (χ1) is 12.6. The summed E-state index contributed by atoms with van der Waals surface area (Å²) in [4.78, 5) is 12.2. The Bertz CT molecular complexity index is 882. The lowest BCUT2D eigenvalue weighted by Gasteiger charge is -2.24. The van der Waals surface area contributed by atoms with Gasteiger partial charge in [0.1, 0.15) is 0 Å². The van der Waals surface area contributed by atoms with Crippen molar-refractivity contribution in [2.45, 2.75) is 19.4 Å². The SMILES string of the molecule is COc1ccc(C2=NN(Cc3ccc(C#N)cc3)C(=O)CC2)cc1OC. The van der Waals surface area contributed by atoms with Crippen LogP contribution < -0.4 is 9.47 Å². The lowest BCUT2D eigenvalue weighted by Crippen LogP contribution is -2.31. The Morgan fingerprint density at radius 1 is 1.08 bits per heavy atom. The highest BCUT2D eigenvalue weighted by Gasteiger charge is 2.22. The number of amides is 1. The Morgan fingerprint density at radius 2 is 1.81 bits per heavy atom. The van der Waals surface area contributed by atoms with Gasteiger partial charge in [-0.3, -0.25) is 4.79 Å². The van der Waals surface area contributed by atoms with Crippen LogP contribution in [0.2, 0.25) is 0 Å². The highest BCUT2D eigenvalue weighted by atomic mass is 16.5. The fourth-order valence-corrected chi connectivity index (χ4v) is 2.80. The van der Waals surface area contributed by atoms with Crippen LogP contribution in [0, 0.1) is 11.3 Å². The Hall–Kier alpha value is -3.33. The number of carbonyl (C=O) groups excluding carboxylic acids is 1. The van der Waals surface area contributed by atoms with Gasteiger partial charge < -0.3 is 9.47 Å². The molecule has 1 aliphatic rings. The second-order valence-electron chi connectivity index (χ2n) is 5.88. The Labute approximate surface area is 152 Å².